The molecule has 1 aliphatic rings. The van der Waals surface area contributed by atoms with Crippen molar-refractivity contribution in [1.82, 2.24) is 20.3 Å². The molecule has 0 radical (unpaired) electrons. The lowest BCUT2D eigenvalue weighted by molar-refractivity contribution is -0.123. The molecule has 86 valence electrons. The standard InChI is InChI=1S/C8H11ClN6O/c9-6-13-7(10)15-8(14-6)12-4-2-1-3-11-5(4)16/h4H,1-3H2,(H,11,16)(H3,10,12,13,14,15). The van der Waals surface area contributed by atoms with Gasteiger partial charge in [0.05, 0.1) is 0 Å². The third-order valence-electron chi connectivity index (χ3n) is 2.21. The lowest BCUT2D eigenvalue weighted by atomic mass is 10.1. The van der Waals surface area contributed by atoms with Gasteiger partial charge in [0.25, 0.3) is 0 Å². The molecule has 16 heavy (non-hydrogen) atoms. The summed E-state index contributed by atoms with van der Waals surface area (Å²) in [5.74, 6) is 0.180. The van der Waals surface area contributed by atoms with Crippen molar-refractivity contribution in [3.05, 3.63) is 5.28 Å². The fraction of sp³-hybridized carbons (Fsp3) is 0.500. The first-order chi connectivity index (χ1) is 7.65. The molecule has 1 amide bonds. The van der Waals surface area contributed by atoms with Gasteiger partial charge < -0.3 is 16.4 Å². The summed E-state index contributed by atoms with van der Waals surface area (Å²) in [6, 6.07) is -0.341. The summed E-state index contributed by atoms with van der Waals surface area (Å²) in [7, 11) is 0. The Balaban J connectivity index is 2.10. The van der Waals surface area contributed by atoms with E-state index < -0.39 is 0 Å². The lowest BCUT2D eigenvalue weighted by Gasteiger charge is -2.22. The van der Waals surface area contributed by atoms with Crippen LogP contribution in [0, 0.1) is 0 Å². The fourth-order valence-corrected chi connectivity index (χ4v) is 1.66. The smallest absolute Gasteiger partial charge is 0.242 e. The molecule has 0 aromatic carbocycles. The maximum atomic E-state index is 11.5. The van der Waals surface area contributed by atoms with Gasteiger partial charge in [-0.2, -0.15) is 15.0 Å². The van der Waals surface area contributed by atoms with Crippen LogP contribution in [0.5, 0.6) is 0 Å². The molecule has 1 fully saturated rings. The van der Waals surface area contributed by atoms with Crippen LogP contribution in [0.3, 0.4) is 0 Å². The summed E-state index contributed by atoms with van der Waals surface area (Å²) < 4.78 is 0. The Morgan fingerprint density at radius 1 is 1.44 bits per heavy atom. The van der Waals surface area contributed by atoms with Crippen LogP contribution < -0.4 is 16.4 Å². The van der Waals surface area contributed by atoms with Gasteiger partial charge >= 0.3 is 0 Å². The molecule has 1 atom stereocenters. The number of carbonyl (C=O) groups is 1. The minimum atomic E-state index is -0.341. The Bertz CT molecular complexity index is 391. The van der Waals surface area contributed by atoms with E-state index in [0.717, 1.165) is 12.8 Å². The van der Waals surface area contributed by atoms with E-state index >= 15 is 0 Å². The fourth-order valence-electron chi connectivity index (χ4n) is 1.50. The number of nitrogen functional groups attached to an aromatic ring is 1. The second kappa shape index (κ2) is 4.48. The highest BCUT2D eigenvalue weighted by atomic mass is 35.5. The number of carbonyl (C=O) groups excluding carboxylic acids is 1. The van der Waals surface area contributed by atoms with Crippen LogP contribution >= 0.6 is 11.6 Å². The van der Waals surface area contributed by atoms with Gasteiger partial charge in [0.15, 0.2) is 0 Å². The van der Waals surface area contributed by atoms with Gasteiger partial charge in [-0.3, -0.25) is 4.79 Å². The van der Waals surface area contributed by atoms with Crippen LogP contribution in [-0.2, 0) is 4.79 Å². The number of nitrogens with zero attached hydrogens (tertiary/aromatic N) is 3. The third-order valence-corrected chi connectivity index (χ3v) is 2.38. The minimum absolute atomic E-state index is 0.00576. The molecule has 1 aromatic heterocycles. The van der Waals surface area contributed by atoms with Crippen molar-refractivity contribution in [1.29, 1.82) is 0 Å². The molecule has 2 heterocycles. The minimum Gasteiger partial charge on any atom is -0.368 e. The number of aromatic nitrogens is 3. The number of piperidine rings is 1. The molecule has 0 bridgehead atoms. The Kier molecular flexibility index (Phi) is 3.04. The molecule has 4 N–H and O–H groups in total. The first kappa shape index (κ1) is 10.9. The lowest BCUT2D eigenvalue weighted by Crippen LogP contribution is -2.44. The first-order valence-electron chi connectivity index (χ1n) is 4.86. The van der Waals surface area contributed by atoms with Gasteiger partial charge in [-0.1, -0.05) is 0 Å². The van der Waals surface area contributed by atoms with E-state index in [1.807, 2.05) is 0 Å². The van der Waals surface area contributed by atoms with E-state index in [4.69, 9.17) is 17.3 Å². The molecule has 0 aliphatic carbocycles. The van der Waals surface area contributed by atoms with Crippen LogP contribution in [0.2, 0.25) is 5.28 Å². The second-order valence-corrected chi connectivity index (χ2v) is 3.75. The highest BCUT2D eigenvalue weighted by molar-refractivity contribution is 6.28. The predicted octanol–water partition coefficient (Wildman–Crippen LogP) is -0.202. The van der Waals surface area contributed by atoms with Crippen molar-refractivity contribution in [2.45, 2.75) is 18.9 Å². The molecular formula is C8H11ClN6O. The van der Waals surface area contributed by atoms with Gasteiger partial charge in [0.1, 0.15) is 6.04 Å². The van der Waals surface area contributed by atoms with Crippen LogP contribution in [0.4, 0.5) is 11.9 Å². The molecule has 8 heteroatoms. The van der Waals surface area contributed by atoms with E-state index in [0.29, 0.717) is 6.54 Å². The number of nitrogens with two attached hydrogens (primary N) is 1. The van der Waals surface area contributed by atoms with Crippen LogP contribution in [0.15, 0.2) is 0 Å². The molecule has 0 saturated carbocycles. The highest BCUT2D eigenvalue weighted by Crippen LogP contribution is 2.11. The average molecular weight is 243 g/mol. The topological polar surface area (TPSA) is 106 Å². The van der Waals surface area contributed by atoms with Crippen LogP contribution in [-0.4, -0.2) is 33.4 Å². The van der Waals surface area contributed by atoms with Crippen molar-refractivity contribution in [3.8, 4) is 0 Å². The maximum Gasteiger partial charge on any atom is 0.242 e. The quantitative estimate of drug-likeness (QED) is 0.663. The van der Waals surface area contributed by atoms with Gasteiger partial charge in [0, 0.05) is 6.54 Å². The summed E-state index contributed by atoms with van der Waals surface area (Å²) >= 11 is 5.62. The normalized spacial score (nSPS) is 20.3. The molecule has 7 nitrogen and oxygen atoms in total. The Morgan fingerprint density at radius 2 is 2.25 bits per heavy atom. The highest BCUT2D eigenvalue weighted by Gasteiger charge is 2.22. The number of rotatable bonds is 2. The number of hydrogen-bond donors (Lipinski definition) is 3. The SMILES string of the molecule is Nc1nc(Cl)nc(NC2CCCNC2=O)n1. The molecule has 1 saturated heterocycles. The first-order valence-corrected chi connectivity index (χ1v) is 5.24. The largest absolute Gasteiger partial charge is 0.368 e. The Hall–Kier alpha value is -1.63. The Morgan fingerprint density at radius 3 is 2.94 bits per heavy atom. The molecule has 1 aromatic rings. The van der Waals surface area contributed by atoms with Gasteiger partial charge in [0.2, 0.25) is 23.1 Å². The molecular weight excluding hydrogens is 232 g/mol. The summed E-state index contributed by atoms with van der Waals surface area (Å²) in [5, 5.41) is 5.62. The number of halogens is 1. The van der Waals surface area contributed by atoms with Gasteiger partial charge in [-0.25, -0.2) is 0 Å². The van der Waals surface area contributed by atoms with Crippen molar-refractivity contribution in [2.75, 3.05) is 17.6 Å². The van der Waals surface area contributed by atoms with Crippen LogP contribution in [0.25, 0.3) is 0 Å². The summed E-state index contributed by atoms with van der Waals surface area (Å²) in [4.78, 5) is 22.8. The maximum absolute atomic E-state index is 11.5. The van der Waals surface area contributed by atoms with Crippen molar-refractivity contribution in [2.24, 2.45) is 0 Å². The summed E-state index contributed by atoms with van der Waals surface area (Å²) in [5.41, 5.74) is 5.41. The zero-order valence-corrected chi connectivity index (χ0v) is 9.16. The van der Waals surface area contributed by atoms with Crippen molar-refractivity contribution >= 4 is 29.4 Å². The van der Waals surface area contributed by atoms with E-state index in [-0.39, 0.29) is 29.1 Å². The van der Waals surface area contributed by atoms with E-state index in [1.165, 1.54) is 0 Å². The molecule has 1 aliphatic heterocycles. The zero-order valence-electron chi connectivity index (χ0n) is 8.40. The van der Waals surface area contributed by atoms with E-state index in [2.05, 4.69) is 25.6 Å². The number of anilines is 2. The summed E-state index contributed by atoms with van der Waals surface area (Å²) in [6.45, 7) is 0.705. The third kappa shape index (κ3) is 2.48. The van der Waals surface area contributed by atoms with Gasteiger partial charge in [-0.05, 0) is 24.4 Å². The number of nitrogens with one attached hydrogen (secondary N) is 2. The predicted molar refractivity (Wildman–Crippen MR) is 58.9 cm³/mol. The van der Waals surface area contributed by atoms with Gasteiger partial charge in [-0.15, -0.1) is 0 Å². The van der Waals surface area contributed by atoms with Crippen molar-refractivity contribution in [3.63, 3.8) is 0 Å². The summed E-state index contributed by atoms with van der Waals surface area (Å²) in [6.07, 6.45) is 1.65. The van der Waals surface area contributed by atoms with Crippen LogP contribution in [0.1, 0.15) is 12.8 Å². The number of amides is 1. The molecule has 1 unspecified atom stereocenters. The molecule has 2 rings (SSSR count). The van der Waals surface area contributed by atoms with E-state index in [1.54, 1.807) is 0 Å². The number of hydrogen-bond acceptors (Lipinski definition) is 6. The van der Waals surface area contributed by atoms with Crippen molar-refractivity contribution < 1.29 is 4.79 Å². The molecule has 0 spiro atoms. The Labute approximate surface area is 96.8 Å². The zero-order chi connectivity index (χ0) is 11.5. The average Bonchev–Trinajstić information content (AvgIpc) is 2.20. The van der Waals surface area contributed by atoms with E-state index in [9.17, 15) is 4.79 Å². The monoisotopic (exact) mass is 242 g/mol. The second-order valence-electron chi connectivity index (χ2n) is 3.42.